The molecule has 0 aliphatic carbocycles. The molecule has 10 heteroatoms. The molecular formula is C27H27N5O4S. The monoisotopic (exact) mass is 517 g/mol. The van der Waals surface area contributed by atoms with E-state index in [-0.39, 0.29) is 27.9 Å². The molecule has 0 radical (unpaired) electrons. The lowest BCUT2D eigenvalue weighted by molar-refractivity contribution is 0.0981. The minimum Gasteiger partial charge on any atom is -0.421 e. The Morgan fingerprint density at radius 1 is 1.00 bits per heavy atom. The lowest BCUT2D eigenvalue weighted by Gasteiger charge is -2.36. The van der Waals surface area contributed by atoms with E-state index < -0.39 is 15.9 Å². The smallest absolute Gasteiger partial charge is 0.281 e. The van der Waals surface area contributed by atoms with Gasteiger partial charge in [0.2, 0.25) is 11.8 Å². The van der Waals surface area contributed by atoms with Crippen molar-refractivity contribution in [1.29, 1.82) is 0 Å². The molecule has 9 nitrogen and oxygen atoms in total. The molecule has 37 heavy (non-hydrogen) atoms. The molecule has 3 aromatic heterocycles. The summed E-state index contributed by atoms with van der Waals surface area (Å²) in [7, 11) is -4.29. The van der Waals surface area contributed by atoms with Crippen LogP contribution in [0.25, 0.3) is 10.9 Å². The Balaban J connectivity index is 1.38. The van der Waals surface area contributed by atoms with Crippen molar-refractivity contribution in [2.75, 3.05) is 11.4 Å². The highest BCUT2D eigenvalue weighted by Crippen LogP contribution is 2.38. The largest absolute Gasteiger partial charge is 0.421 e. The first-order valence-corrected chi connectivity index (χ1v) is 13.4. The summed E-state index contributed by atoms with van der Waals surface area (Å²) >= 11 is 0. The summed E-state index contributed by atoms with van der Waals surface area (Å²) in [6.07, 6.45) is 2.55. The van der Waals surface area contributed by atoms with Crippen LogP contribution >= 0.6 is 0 Å². The number of benzene rings is 1. The molecule has 1 aliphatic heterocycles. The quantitative estimate of drug-likeness (QED) is 0.396. The van der Waals surface area contributed by atoms with E-state index in [1.165, 1.54) is 18.2 Å². The zero-order valence-corrected chi connectivity index (χ0v) is 21.6. The Morgan fingerprint density at radius 2 is 1.78 bits per heavy atom. The van der Waals surface area contributed by atoms with Crippen LogP contribution in [-0.4, -0.2) is 41.4 Å². The highest BCUT2D eigenvalue weighted by Gasteiger charge is 2.40. The van der Waals surface area contributed by atoms with Crippen LogP contribution in [0.5, 0.6) is 11.8 Å². The van der Waals surface area contributed by atoms with Gasteiger partial charge in [0.05, 0.1) is 11.1 Å². The molecule has 1 unspecified atom stereocenters. The number of pyridine rings is 3. The summed E-state index contributed by atoms with van der Waals surface area (Å²) in [4.78, 5) is 28.2. The Labute approximate surface area is 215 Å². The highest BCUT2D eigenvalue weighted by molar-refractivity contribution is 7.90. The second-order valence-electron chi connectivity index (χ2n) is 9.56. The van der Waals surface area contributed by atoms with Gasteiger partial charge in [-0.15, -0.1) is 0 Å². The number of anilines is 1. The Kier molecular flexibility index (Phi) is 6.28. The number of ether oxygens (including phenoxy) is 1. The SMILES string of the molecule is CC1CCN(c2ncccc2C(=O)NS(=O)(=O)c2cccc(Oc3ccc4ccccc4n3)n2)C1(C)C. The summed E-state index contributed by atoms with van der Waals surface area (Å²) < 4.78 is 34.1. The minimum absolute atomic E-state index is 0.0352. The lowest BCUT2D eigenvalue weighted by Crippen LogP contribution is -2.43. The number of nitrogens with zero attached hydrogens (tertiary/aromatic N) is 4. The minimum atomic E-state index is -4.29. The number of nitrogens with one attached hydrogen (secondary N) is 1. The Morgan fingerprint density at radius 3 is 2.57 bits per heavy atom. The zero-order chi connectivity index (χ0) is 26.2. The van der Waals surface area contributed by atoms with Crippen molar-refractivity contribution < 1.29 is 17.9 Å². The number of amides is 1. The Bertz CT molecular complexity index is 1590. The molecule has 1 saturated heterocycles. The molecule has 1 aromatic carbocycles. The van der Waals surface area contributed by atoms with Crippen LogP contribution in [-0.2, 0) is 10.0 Å². The molecule has 5 rings (SSSR count). The third kappa shape index (κ3) is 4.84. The summed E-state index contributed by atoms with van der Waals surface area (Å²) in [5.41, 5.74) is 0.687. The number of rotatable bonds is 6. The number of hydrogen-bond donors (Lipinski definition) is 1. The average molecular weight is 518 g/mol. The predicted molar refractivity (Wildman–Crippen MR) is 140 cm³/mol. The van der Waals surface area contributed by atoms with Crippen LogP contribution in [0, 0.1) is 5.92 Å². The van der Waals surface area contributed by atoms with Gasteiger partial charge in [-0.1, -0.05) is 31.2 Å². The third-order valence-corrected chi connectivity index (χ3v) is 8.19. The van der Waals surface area contributed by atoms with Crippen molar-refractivity contribution >= 4 is 32.7 Å². The van der Waals surface area contributed by atoms with Crippen molar-refractivity contribution in [2.24, 2.45) is 5.92 Å². The van der Waals surface area contributed by atoms with Gasteiger partial charge in [0.1, 0.15) is 5.82 Å². The molecule has 1 N–H and O–H groups in total. The number of carbonyl (C=O) groups excluding carboxylic acids is 1. The van der Waals surface area contributed by atoms with Gasteiger partial charge in [-0.25, -0.2) is 14.7 Å². The zero-order valence-electron chi connectivity index (χ0n) is 20.7. The van der Waals surface area contributed by atoms with Gasteiger partial charge in [0, 0.05) is 35.8 Å². The van der Waals surface area contributed by atoms with E-state index in [0.717, 1.165) is 23.9 Å². The predicted octanol–water partition coefficient (Wildman–Crippen LogP) is 4.56. The maximum Gasteiger partial charge on any atom is 0.281 e. The van der Waals surface area contributed by atoms with Crippen molar-refractivity contribution in [3.05, 3.63) is 78.5 Å². The van der Waals surface area contributed by atoms with Gasteiger partial charge in [0.15, 0.2) is 5.03 Å². The van der Waals surface area contributed by atoms with E-state index in [0.29, 0.717) is 11.7 Å². The molecule has 0 saturated carbocycles. The fraction of sp³-hybridized carbons (Fsp3) is 0.259. The Hall–Kier alpha value is -4.05. The topological polar surface area (TPSA) is 114 Å². The van der Waals surface area contributed by atoms with E-state index in [2.05, 4.69) is 45.3 Å². The number of para-hydroxylation sites is 1. The maximum absolute atomic E-state index is 13.2. The van der Waals surface area contributed by atoms with Gasteiger partial charge < -0.3 is 9.64 Å². The molecule has 1 atom stereocenters. The average Bonchev–Trinajstić information content (AvgIpc) is 3.15. The molecule has 4 heterocycles. The molecule has 0 spiro atoms. The number of fused-ring (bicyclic) bond motifs is 1. The first-order chi connectivity index (χ1) is 17.6. The van der Waals surface area contributed by atoms with E-state index in [1.807, 2.05) is 30.3 Å². The van der Waals surface area contributed by atoms with Crippen molar-refractivity contribution in [1.82, 2.24) is 19.7 Å². The van der Waals surface area contributed by atoms with Crippen LogP contribution in [0.3, 0.4) is 0 Å². The lowest BCUT2D eigenvalue weighted by atomic mass is 9.90. The first kappa shape index (κ1) is 24.6. The first-order valence-electron chi connectivity index (χ1n) is 12.0. The second-order valence-corrected chi connectivity index (χ2v) is 11.2. The molecule has 1 aliphatic rings. The molecular weight excluding hydrogens is 490 g/mol. The highest BCUT2D eigenvalue weighted by atomic mass is 32.2. The number of hydrogen-bond acceptors (Lipinski definition) is 8. The fourth-order valence-corrected chi connectivity index (χ4v) is 5.37. The number of aromatic nitrogens is 3. The molecule has 190 valence electrons. The van der Waals surface area contributed by atoms with Gasteiger partial charge in [-0.05, 0) is 56.5 Å². The van der Waals surface area contributed by atoms with Crippen LogP contribution in [0.4, 0.5) is 5.82 Å². The van der Waals surface area contributed by atoms with E-state index in [4.69, 9.17) is 4.74 Å². The normalized spacial score (nSPS) is 17.1. The summed E-state index contributed by atoms with van der Waals surface area (Å²) in [6, 6.07) is 18.6. The second kappa shape index (κ2) is 9.44. The molecule has 0 bridgehead atoms. The van der Waals surface area contributed by atoms with Crippen molar-refractivity contribution in [3.63, 3.8) is 0 Å². The van der Waals surface area contributed by atoms with Crippen LogP contribution in [0.2, 0.25) is 0 Å². The van der Waals surface area contributed by atoms with Gasteiger partial charge in [0.25, 0.3) is 15.9 Å². The number of carbonyl (C=O) groups is 1. The maximum atomic E-state index is 13.2. The van der Waals surface area contributed by atoms with E-state index >= 15 is 0 Å². The van der Waals surface area contributed by atoms with Crippen LogP contribution in [0.1, 0.15) is 37.6 Å². The standard InChI is InChI=1S/C27H27N5O4S/c1-18-15-17-32(27(18,2)3)25-20(9-7-16-28-25)26(33)31-37(34,35)24-12-6-11-22(30-24)36-23-14-13-19-8-4-5-10-21(19)29-23/h4-14,16,18H,15,17H2,1-3H3,(H,31,33). The molecule has 4 aromatic rings. The number of sulfonamides is 1. The van der Waals surface area contributed by atoms with E-state index in [1.54, 1.807) is 24.4 Å². The third-order valence-electron chi connectivity index (χ3n) is 6.96. The van der Waals surface area contributed by atoms with Gasteiger partial charge >= 0.3 is 0 Å². The van der Waals surface area contributed by atoms with Crippen LogP contribution in [0.15, 0.2) is 78.0 Å². The van der Waals surface area contributed by atoms with Crippen LogP contribution < -0.4 is 14.4 Å². The summed E-state index contributed by atoms with van der Waals surface area (Å²) in [5, 5.41) is 0.600. The summed E-state index contributed by atoms with van der Waals surface area (Å²) in [5.74, 6) is 0.373. The molecule has 1 fully saturated rings. The van der Waals surface area contributed by atoms with Crippen molar-refractivity contribution in [3.8, 4) is 11.8 Å². The molecule has 1 amide bonds. The summed E-state index contributed by atoms with van der Waals surface area (Å²) in [6.45, 7) is 7.07. The van der Waals surface area contributed by atoms with Gasteiger partial charge in [-0.3, -0.25) is 4.79 Å². The van der Waals surface area contributed by atoms with Gasteiger partial charge in [-0.2, -0.15) is 13.4 Å². The van der Waals surface area contributed by atoms with E-state index in [9.17, 15) is 13.2 Å². The fourth-order valence-electron chi connectivity index (χ4n) is 4.44. The van der Waals surface area contributed by atoms with Crippen molar-refractivity contribution in [2.45, 2.75) is 37.8 Å².